The predicted molar refractivity (Wildman–Crippen MR) is 93.1 cm³/mol. The summed E-state index contributed by atoms with van der Waals surface area (Å²) < 4.78 is 10.7. The maximum atomic E-state index is 5.40. The van der Waals surface area contributed by atoms with E-state index in [-0.39, 0.29) is 6.79 Å². The summed E-state index contributed by atoms with van der Waals surface area (Å²) in [6, 6.07) is 9.94. The highest BCUT2D eigenvalue weighted by Crippen LogP contribution is 2.34. The average molecular weight is 314 g/mol. The molecule has 1 aliphatic rings. The summed E-state index contributed by atoms with van der Waals surface area (Å²) >= 11 is 5.40. The van der Waals surface area contributed by atoms with Gasteiger partial charge in [-0.3, -0.25) is 0 Å². The molecule has 0 unspecified atom stereocenters. The first-order chi connectivity index (χ1) is 10.5. The summed E-state index contributed by atoms with van der Waals surface area (Å²) in [4.78, 5) is 0. The number of ether oxygens (including phenoxy) is 2. The van der Waals surface area contributed by atoms with Crippen molar-refractivity contribution < 1.29 is 9.47 Å². The van der Waals surface area contributed by atoms with Crippen molar-refractivity contribution in [3.05, 3.63) is 47.0 Å². The molecule has 0 saturated carbocycles. The van der Waals surface area contributed by atoms with Gasteiger partial charge in [-0.25, -0.2) is 0 Å². The number of aryl methyl sites for hydroxylation is 3. The Morgan fingerprint density at radius 3 is 2.36 bits per heavy atom. The lowest BCUT2D eigenvalue weighted by Crippen LogP contribution is -2.20. The smallest absolute Gasteiger partial charge is 0.231 e. The van der Waals surface area contributed by atoms with Crippen molar-refractivity contribution in [1.82, 2.24) is 0 Å². The van der Waals surface area contributed by atoms with Gasteiger partial charge in [-0.2, -0.15) is 0 Å². The van der Waals surface area contributed by atoms with Crippen molar-refractivity contribution in [2.24, 2.45) is 0 Å². The quantitative estimate of drug-likeness (QED) is 0.815. The third kappa shape index (κ3) is 2.99. The maximum Gasteiger partial charge on any atom is 0.231 e. The SMILES string of the molecule is Cc1cc(C)c(NC(=S)Nc2ccc3c(c2)OCO3)c(C)c1. The summed E-state index contributed by atoms with van der Waals surface area (Å²) in [6.07, 6.45) is 0. The second-order valence-corrected chi connectivity index (χ2v) is 5.83. The van der Waals surface area contributed by atoms with Crippen LogP contribution in [0.2, 0.25) is 0 Å². The monoisotopic (exact) mass is 314 g/mol. The van der Waals surface area contributed by atoms with Gasteiger partial charge in [0.1, 0.15) is 0 Å². The minimum Gasteiger partial charge on any atom is -0.454 e. The van der Waals surface area contributed by atoms with Gasteiger partial charge in [-0.15, -0.1) is 0 Å². The van der Waals surface area contributed by atoms with Gasteiger partial charge in [0.2, 0.25) is 6.79 Å². The van der Waals surface area contributed by atoms with E-state index in [1.807, 2.05) is 18.2 Å². The fraction of sp³-hybridized carbons (Fsp3) is 0.235. The molecule has 0 bridgehead atoms. The Labute approximate surface area is 135 Å². The largest absolute Gasteiger partial charge is 0.454 e. The molecule has 0 amide bonds. The molecule has 2 N–H and O–H groups in total. The molecule has 5 heteroatoms. The first-order valence-corrected chi connectivity index (χ1v) is 7.49. The Kier molecular flexibility index (Phi) is 3.90. The molecule has 1 aliphatic heterocycles. The van der Waals surface area contributed by atoms with Crippen LogP contribution < -0.4 is 20.1 Å². The van der Waals surface area contributed by atoms with Crippen LogP contribution in [0.1, 0.15) is 16.7 Å². The summed E-state index contributed by atoms with van der Waals surface area (Å²) in [6.45, 7) is 6.51. The van der Waals surface area contributed by atoms with Crippen LogP contribution >= 0.6 is 12.2 Å². The van der Waals surface area contributed by atoms with E-state index in [0.717, 1.165) is 22.9 Å². The third-order valence-corrected chi connectivity index (χ3v) is 3.75. The average Bonchev–Trinajstić information content (AvgIpc) is 2.90. The van der Waals surface area contributed by atoms with Crippen molar-refractivity contribution in [2.75, 3.05) is 17.4 Å². The van der Waals surface area contributed by atoms with E-state index in [1.165, 1.54) is 16.7 Å². The molecule has 22 heavy (non-hydrogen) atoms. The van der Waals surface area contributed by atoms with Gasteiger partial charge in [-0.1, -0.05) is 17.7 Å². The molecule has 3 rings (SSSR count). The second-order valence-electron chi connectivity index (χ2n) is 5.42. The van der Waals surface area contributed by atoms with Crippen LogP contribution in [0.25, 0.3) is 0 Å². The first kappa shape index (κ1) is 14.7. The van der Waals surface area contributed by atoms with Crippen molar-refractivity contribution in [3.63, 3.8) is 0 Å². The summed E-state index contributed by atoms with van der Waals surface area (Å²) in [5.41, 5.74) is 5.50. The zero-order valence-corrected chi connectivity index (χ0v) is 13.6. The van der Waals surface area contributed by atoms with E-state index in [9.17, 15) is 0 Å². The molecule has 4 nitrogen and oxygen atoms in total. The summed E-state index contributed by atoms with van der Waals surface area (Å²) in [5, 5.41) is 6.99. The highest BCUT2D eigenvalue weighted by Gasteiger charge is 2.14. The van der Waals surface area contributed by atoms with E-state index < -0.39 is 0 Å². The van der Waals surface area contributed by atoms with Crippen LogP contribution in [0.4, 0.5) is 11.4 Å². The topological polar surface area (TPSA) is 42.5 Å². The molecule has 0 radical (unpaired) electrons. The van der Waals surface area contributed by atoms with Crippen molar-refractivity contribution in [2.45, 2.75) is 20.8 Å². The number of hydrogen-bond donors (Lipinski definition) is 2. The number of nitrogens with one attached hydrogen (secondary N) is 2. The third-order valence-electron chi connectivity index (χ3n) is 3.55. The molecule has 114 valence electrons. The lowest BCUT2D eigenvalue weighted by molar-refractivity contribution is 0.174. The van der Waals surface area contributed by atoms with Crippen LogP contribution in [0, 0.1) is 20.8 Å². The molecule has 2 aromatic carbocycles. The second kappa shape index (κ2) is 5.85. The van der Waals surface area contributed by atoms with Gasteiger partial charge >= 0.3 is 0 Å². The lowest BCUT2D eigenvalue weighted by Gasteiger charge is -2.16. The van der Waals surface area contributed by atoms with Gasteiger partial charge in [0.05, 0.1) is 0 Å². The van der Waals surface area contributed by atoms with E-state index in [2.05, 4.69) is 43.5 Å². The van der Waals surface area contributed by atoms with Crippen molar-refractivity contribution >= 4 is 28.7 Å². The Bertz CT molecular complexity index is 720. The predicted octanol–water partition coefficient (Wildman–Crippen LogP) is 4.15. The van der Waals surface area contributed by atoms with Crippen LogP contribution in [0.5, 0.6) is 11.5 Å². The molecular formula is C17H18N2O2S. The molecule has 0 atom stereocenters. The van der Waals surface area contributed by atoms with E-state index in [1.54, 1.807) is 0 Å². The van der Waals surface area contributed by atoms with Gasteiger partial charge in [0, 0.05) is 17.4 Å². The molecule has 1 heterocycles. The van der Waals surface area contributed by atoms with Gasteiger partial charge in [0.25, 0.3) is 0 Å². The molecule has 0 fully saturated rings. The van der Waals surface area contributed by atoms with Crippen LogP contribution in [-0.2, 0) is 0 Å². The van der Waals surface area contributed by atoms with Gasteiger partial charge in [0.15, 0.2) is 16.6 Å². The fourth-order valence-corrected chi connectivity index (χ4v) is 2.85. The van der Waals surface area contributed by atoms with Crippen LogP contribution in [0.3, 0.4) is 0 Å². The number of hydrogen-bond acceptors (Lipinski definition) is 3. The maximum absolute atomic E-state index is 5.40. The normalized spacial score (nSPS) is 12.1. The molecule has 2 aromatic rings. The summed E-state index contributed by atoms with van der Waals surface area (Å²) in [7, 11) is 0. The summed E-state index contributed by atoms with van der Waals surface area (Å²) in [5.74, 6) is 1.49. The lowest BCUT2D eigenvalue weighted by atomic mass is 10.1. The Hall–Kier alpha value is -2.27. The highest BCUT2D eigenvalue weighted by molar-refractivity contribution is 7.80. The number of rotatable bonds is 2. The number of fused-ring (bicyclic) bond motifs is 1. The number of anilines is 2. The molecule has 0 spiro atoms. The minimum atomic E-state index is 0.267. The molecule has 0 saturated heterocycles. The first-order valence-electron chi connectivity index (χ1n) is 7.08. The zero-order valence-electron chi connectivity index (χ0n) is 12.8. The minimum absolute atomic E-state index is 0.267. The molecule has 0 aromatic heterocycles. The Morgan fingerprint density at radius 1 is 0.955 bits per heavy atom. The Balaban J connectivity index is 1.73. The fourth-order valence-electron chi connectivity index (χ4n) is 2.63. The van der Waals surface area contributed by atoms with Crippen molar-refractivity contribution in [1.29, 1.82) is 0 Å². The highest BCUT2D eigenvalue weighted by atomic mass is 32.1. The van der Waals surface area contributed by atoms with E-state index in [4.69, 9.17) is 21.7 Å². The standard InChI is InChI=1S/C17H18N2O2S/c1-10-6-11(2)16(12(3)7-10)19-17(22)18-13-4-5-14-15(8-13)21-9-20-14/h4-8H,9H2,1-3H3,(H2,18,19,22). The van der Waals surface area contributed by atoms with Crippen LogP contribution in [-0.4, -0.2) is 11.9 Å². The van der Waals surface area contributed by atoms with Gasteiger partial charge < -0.3 is 20.1 Å². The van der Waals surface area contributed by atoms with Gasteiger partial charge in [-0.05, 0) is 56.2 Å². The Morgan fingerprint density at radius 2 is 1.64 bits per heavy atom. The number of thiocarbonyl (C=S) groups is 1. The molecular weight excluding hydrogens is 296 g/mol. The van der Waals surface area contributed by atoms with E-state index in [0.29, 0.717) is 5.11 Å². The van der Waals surface area contributed by atoms with Crippen LogP contribution in [0.15, 0.2) is 30.3 Å². The van der Waals surface area contributed by atoms with E-state index >= 15 is 0 Å². The zero-order chi connectivity index (χ0) is 15.7. The number of benzene rings is 2. The van der Waals surface area contributed by atoms with Crippen molar-refractivity contribution in [3.8, 4) is 11.5 Å². The molecule has 0 aliphatic carbocycles.